The molecule has 1 atom stereocenters. The molecule has 4 rings (SSSR count). The van der Waals surface area contributed by atoms with Gasteiger partial charge in [-0.05, 0) is 29.0 Å². The average Bonchev–Trinajstić information content (AvgIpc) is 2.84. The van der Waals surface area contributed by atoms with Crippen LogP contribution in [0.3, 0.4) is 0 Å². The molecule has 21 heavy (non-hydrogen) atoms. The van der Waals surface area contributed by atoms with Gasteiger partial charge in [-0.2, -0.15) is 0 Å². The van der Waals surface area contributed by atoms with E-state index in [1.807, 2.05) is 48.5 Å². The van der Waals surface area contributed by atoms with E-state index >= 15 is 0 Å². The first-order chi connectivity index (χ1) is 10.2. The van der Waals surface area contributed by atoms with Gasteiger partial charge in [0.1, 0.15) is 5.75 Å². The number of anilines is 1. The van der Waals surface area contributed by atoms with Crippen LogP contribution in [0, 0.1) is 0 Å². The lowest BCUT2D eigenvalue weighted by atomic mass is 10.0. The first-order valence-electron chi connectivity index (χ1n) is 6.70. The Bertz CT molecular complexity index is 822. The highest BCUT2D eigenvalue weighted by Crippen LogP contribution is 2.41. The highest BCUT2D eigenvalue weighted by atomic mass is 79.9. The van der Waals surface area contributed by atoms with Crippen molar-refractivity contribution in [1.29, 1.82) is 0 Å². The van der Waals surface area contributed by atoms with Gasteiger partial charge in [0.25, 0.3) is 5.85 Å². The van der Waals surface area contributed by atoms with E-state index < -0.39 is 5.85 Å². The molecule has 1 unspecified atom stereocenters. The molecule has 0 saturated heterocycles. The maximum Gasteiger partial charge on any atom is 0.264 e. The largest absolute Gasteiger partial charge is 0.448 e. The van der Waals surface area contributed by atoms with Crippen LogP contribution in [-0.2, 0) is 5.85 Å². The molecule has 0 fully saturated rings. The maximum absolute atomic E-state index is 6.50. The van der Waals surface area contributed by atoms with Gasteiger partial charge in [-0.25, -0.2) is 0 Å². The molecule has 0 amide bonds. The van der Waals surface area contributed by atoms with Crippen molar-refractivity contribution >= 4 is 32.4 Å². The number of hydrogen-bond donors (Lipinski definition) is 2. The van der Waals surface area contributed by atoms with Crippen molar-refractivity contribution in [2.45, 2.75) is 5.85 Å². The fraction of sp³-hybridized carbons (Fsp3) is 0.0588. The molecule has 0 aliphatic carbocycles. The maximum atomic E-state index is 6.50. The monoisotopic (exact) mass is 340 g/mol. The van der Waals surface area contributed by atoms with Crippen LogP contribution in [0.4, 0.5) is 5.69 Å². The van der Waals surface area contributed by atoms with Crippen molar-refractivity contribution in [3.05, 3.63) is 70.7 Å². The molecule has 1 heterocycles. The molecule has 1 aliphatic heterocycles. The molecule has 4 heteroatoms. The third-order valence-electron chi connectivity index (χ3n) is 3.75. The SMILES string of the molecule is NC1(c2cccc3c(Br)cccc23)Nc2ccccc2O1. The van der Waals surface area contributed by atoms with E-state index in [4.69, 9.17) is 10.5 Å². The number of fused-ring (bicyclic) bond motifs is 2. The lowest BCUT2D eigenvalue weighted by Gasteiger charge is -2.26. The van der Waals surface area contributed by atoms with Crippen LogP contribution in [0.1, 0.15) is 5.56 Å². The van der Waals surface area contributed by atoms with Crippen molar-refractivity contribution in [2.75, 3.05) is 5.32 Å². The van der Waals surface area contributed by atoms with Gasteiger partial charge in [0.05, 0.1) is 5.69 Å². The summed E-state index contributed by atoms with van der Waals surface area (Å²) in [5.74, 6) is -0.281. The highest BCUT2D eigenvalue weighted by Gasteiger charge is 2.37. The molecule has 104 valence electrons. The summed E-state index contributed by atoms with van der Waals surface area (Å²) in [6, 6.07) is 19.9. The summed E-state index contributed by atoms with van der Waals surface area (Å²) < 4.78 is 7.02. The lowest BCUT2D eigenvalue weighted by molar-refractivity contribution is 0.127. The molecule has 3 N–H and O–H groups in total. The van der Waals surface area contributed by atoms with E-state index in [1.54, 1.807) is 0 Å². The Morgan fingerprint density at radius 1 is 0.905 bits per heavy atom. The van der Waals surface area contributed by atoms with Gasteiger partial charge in [0.2, 0.25) is 0 Å². The van der Waals surface area contributed by atoms with Crippen molar-refractivity contribution in [3.63, 3.8) is 0 Å². The second-order valence-electron chi connectivity index (χ2n) is 5.10. The minimum Gasteiger partial charge on any atom is -0.448 e. The molecule has 3 aromatic carbocycles. The van der Waals surface area contributed by atoms with Crippen LogP contribution in [0.5, 0.6) is 5.75 Å². The van der Waals surface area contributed by atoms with Crippen molar-refractivity contribution in [2.24, 2.45) is 5.73 Å². The normalized spacial score (nSPS) is 19.9. The summed E-state index contributed by atoms with van der Waals surface area (Å²) in [6.07, 6.45) is 0. The summed E-state index contributed by atoms with van der Waals surface area (Å²) >= 11 is 3.58. The Balaban J connectivity index is 1.90. The number of hydrogen-bond acceptors (Lipinski definition) is 3. The molecule has 0 radical (unpaired) electrons. The predicted octanol–water partition coefficient (Wildman–Crippen LogP) is 4.18. The number of benzene rings is 3. The summed E-state index contributed by atoms with van der Waals surface area (Å²) in [4.78, 5) is 0. The Morgan fingerprint density at radius 2 is 1.67 bits per heavy atom. The lowest BCUT2D eigenvalue weighted by Crippen LogP contribution is -2.46. The zero-order valence-corrected chi connectivity index (χ0v) is 12.7. The van der Waals surface area contributed by atoms with Gasteiger partial charge in [-0.3, -0.25) is 5.73 Å². The first kappa shape index (κ1) is 12.7. The van der Waals surface area contributed by atoms with Gasteiger partial charge in [-0.1, -0.05) is 58.4 Å². The van der Waals surface area contributed by atoms with Crippen molar-refractivity contribution in [1.82, 2.24) is 0 Å². The number of rotatable bonds is 1. The minimum absolute atomic E-state index is 0.770. The van der Waals surface area contributed by atoms with Gasteiger partial charge < -0.3 is 10.1 Å². The van der Waals surface area contributed by atoms with Gasteiger partial charge in [0.15, 0.2) is 0 Å². The molecule has 0 bridgehead atoms. The van der Waals surface area contributed by atoms with Crippen molar-refractivity contribution < 1.29 is 4.74 Å². The van der Waals surface area contributed by atoms with Crippen LogP contribution >= 0.6 is 15.9 Å². The molecule has 3 aromatic rings. The van der Waals surface area contributed by atoms with E-state index in [-0.39, 0.29) is 0 Å². The van der Waals surface area contributed by atoms with Crippen LogP contribution < -0.4 is 15.8 Å². The third-order valence-corrected chi connectivity index (χ3v) is 4.44. The van der Waals surface area contributed by atoms with Crippen LogP contribution in [0.2, 0.25) is 0 Å². The van der Waals surface area contributed by atoms with E-state index in [0.29, 0.717) is 0 Å². The molecular weight excluding hydrogens is 328 g/mol. The number of nitrogens with two attached hydrogens (primary N) is 1. The van der Waals surface area contributed by atoms with Crippen LogP contribution in [0.25, 0.3) is 10.8 Å². The smallest absolute Gasteiger partial charge is 0.264 e. The highest BCUT2D eigenvalue weighted by molar-refractivity contribution is 9.10. The average molecular weight is 341 g/mol. The number of nitrogens with one attached hydrogen (secondary N) is 1. The fourth-order valence-electron chi connectivity index (χ4n) is 2.78. The zero-order valence-electron chi connectivity index (χ0n) is 11.1. The second kappa shape index (κ2) is 4.48. The van der Waals surface area contributed by atoms with Crippen LogP contribution in [0.15, 0.2) is 65.1 Å². The Kier molecular flexibility index (Phi) is 2.71. The van der Waals surface area contributed by atoms with Crippen LogP contribution in [-0.4, -0.2) is 0 Å². The second-order valence-corrected chi connectivity index (χ2v) is 5.95. The zero-order chi connectivity index (χ0) is 14.4. The summed E-state index contributed by atoms with van der Waals surface area (Å²) in [7, 11) is 0. The molecule has 0 aromatic heterocycles. The Labute approximate surface area is 130 Å². The fourth-order valence-corrected chi connectivity index (χ4v) is 3.27. The van der Waals surface area contributed by atoms with E-state index in [2.05, 4.69) is 33.4 Å². The Hall–Kier alpha value is -2.04. The summed E-state index contributed by atoms with van der Waals surface area (Å²) in [5.41, 5.74) is 8.32. The standard InChI is InChI=1S/C17H13BrN2O/c18-14-8-4-5-11-12(14)6-3-7-13(11)17(19)20-15-9-1-2-10-16(15)21-17/h1-10,20H,19H2. The number of halogens is 1. The molecule has 1 aliphatic rings. The van der Waals surface area contributed by atoms with E-state index in [1.165, 1.54) is 0 Å². The summed E-state index contributed by atoms with van der Waals surface area (Å²) in [5, 5.41) is 5.46. The predicted molar refractivity (Wildman–Crippen MR) is 88.2 cm³/mol. The molecule has 0 saturated carbocycles. The van der Waals surface area contributed by atoms with E-state index in [0.717, 1.165) is 32.2 Å². The molecular formula is C17H13BrN2O. The summed E-state index contributed by atoms with van der Waals surface area (Å²) in [6.45, 7) is 0. The number of para-hydroxylation sites is 2. The van der Waals surface area contributed by atoms with Gasteiger partial charge in [-0.15, -0.1) is 0 Å². The minimum atomic E-state index is -1.05. The van der Waals surface area contributed by atoms with Gasteiger partial charge in [0, 0.05) is 10.0 Å². The van der Waals surface area contributed by atoms with Gasteiger partial charge >= 0.3 is 0 Å². The molecule has 3 nitrogen and oxygen atoms in total. The first-order valence-corrected chi connectivity index (χ1v) is 7.49. The van der Waals surface area contributed by atoms with Crippen molar-refractivity contribution in [3.8, 4) is 5.75 Å². The number of ether oxygens (including phenoxy) is 1. The third kappa shape index (κ3) is 1.91. The topological polar surface area (TPSA) is 47.3 Å². The van der Waals surface area contributed by atoms with E-state index in [9.17, 15) is 0 Å². The molecule has 0 spiro atoms. The Morgan fingerprint density at radius 3 is 2.52 bits per heavy atom. The quantitative estimate of drug-likeness (QED) is 0.698.